The summed E-state index contributed by atoms with van der Waals surface area (Å²) in [6, 6.07) is 9.70. The van der Waals surface area contributed by atoms with Crippen LogP contribution in [0.15, 0.2) is 30.3 Å². The molecule has 0 aromatic heterocycles. The number of aliphatic hydroxyl groups excluding tert-OH is 4. The summed E-state index contributed by atoms with van der Waals surface area (Å²) in [5.41, 5.74) is 0.477. The molecule has 1 aromatic carbocycles. The van der Waals surface area contributed by atoms with Crippen molar-refractivity contribution in [3.05, 3.63) is 35.9 Å². The lowest BCUT2D eigenvalue weighted by atomic mass is 10.1. The molecule has 1 fully saturated rings. The molecule has 6 heteroatoms. The zero-order valence-corrected chi connectivity index (χ0v) is 11.1. The predicted octanol–water partition coefficient (Wildman–Crippen LogP) is -0.280. The smallest absolute Gasteiger partial charge is 0.132 e. The Morgan fingerprint density at radius 2 is 1.84 bits per heavy atom. The van der Waals surface area contributed by atoms with Crippen molar-refractivity contribution in [2.75, 3.05) is 6.61 Å². The van der Waals surface area contributed by atoms with Crippen LogP contribution in [0.2, 0.25) is 0 Å². The van der Waals surface area contributed by atoms with Gasteiger partial charge in [0.05, 0.1) is 6.61 Å². The van der Waals surface area contributed by atoms with Gasteiger partial charge in [-0.1, -0.05) is 30.3 Å². The Morgan fingerprint density at radius 1 is 1.16 bits per heavy atom. The molecule has 0 bridgehead atoms. The Hall–Kier alpha value is -0.630. The number of ether oxygens (including phenoxy) is 1. The Bertz CT molecular complexity index is 388. The summed E-state index contributed by atoms with van der Waals surface area (Å²) in [5.74, 6) is 0.636. The van der Waals surface area contributed by atoms with E-state index in [0.717, 1.165) is 5.56 Å². The van der Waals surface area contributed by atoms with E-state index in [1.54, 1.807) is 0 Å². The van der Waals surface area contributed by atoms with Gasteiger partial charge in [-0.05, 0) is 5.56 Å². The second-order valence-corrected chi connectivity index (χ2v) is 5.58. The van der Waals surface area contributed by atoms with Crippen molar-refractivity contribution in [2.24, 2.45) is 0 Å². The summed E-state index contributed by atoms with van der Waals surface area (Å²) in [6.45, 7) is -0.509. The lowest BCUT2D eigenvalue weighted by Crippen LogP contribution is -2.40. The third kappa shape index (κ3) is 3.47. The van der Waals surface area contributed by atoms with Crippen molar-refractivity contribution in [2.45, 2.75) is 35.6 Å². The zero-order valence-electron chi connectivity index (χ0n) is 10.3. The van der Waals surface area contributed by atoms with E-state index in [9.17, 15) is 15.3 Å². The fourth-order valence-corrected chi connectivity index (χ4v) is 3.10. The molecule has 0 aliphatic carbocycles. The summed E-state index contributed by atoms with van der Waals surface area (Å²) in [6.07, 6.45) is -4.39. The fraction of sp³-hybridized carbons (Fsp3) is 0.538. The van der Waals surface area contributed by atoms with Gasteiger partial charge in [0.2, 0.25) is 0 Å². The van der Waals surface area contributed by atoms with Crippen molar-refractivity contribution < 1.29 is 25.2 Å². The largest absolute Gasteiger partial charge is 0.394 e. The van der Waals surface area contributed by atoms with Crippen molar-refractivity contribution in [3.8, 4) is 0 Å². The number of hydrogen-bond acceptors (Lipinski definition) is 6. The molecule has 2 rings (SSSR count). The number of hydrogen-bond donors (Lipinski definition) is 4. The van der Waals surface area contributed by atoms with E-state index in [1.165, 1.54) is 11.8 Å². The molecule has 0 spiro atoms. The normalized spacial score (nSPS) is 32.4. The van der Waals surface area contributed by atoms with Crippen LogP contribution in [0.25, 0.3) is 0 Å². The summed E-state index contributed by atoms with van der Waals surface area (Å²) in [7, 11) is 0. The van der Waals surface area contributed by atoms with E-state index in [-0.39, 0.29) is 0 Å². The number of aliphatic hydroxyl groups is 4. The Balaban J connectivity index is 1.91. The topological polar surface area (TPSA) is 90.2 Å². The molecule has 106 valence electrons. The van der Waals surface area contributed by atoms with Crippen molar-refractivity contribution in [3.63, 3.8) is 0 Å². The van der Waals surface area contributed by atoms with Gasteiger partial charge in [-0.15, -0.1) is 11.8 Å². The van der Waals surface area contributed by atoms with Gasteiger partial charge in [-0.3, -0.25) is 0 Å². The summed E-state index contributed by atoms with van der Waals surface area (Å²) in [4.78, 5) is 0. The summed E-state index contributed by atoms with van der Waals surface area (Å²) >= 11 is 1.36. The van der Waals surface area contributed by atoms with Crippen LogP contribution < -0.4 is 0 Å². The Labute approximate surface area is 115 Å². The number of thioether (sulfide) groups is 1. The number of rotatable bonds is 5. The van der Waals surface area contributed by atoms with Crippen LogP contribution in [0.1, 0.15) is 5.56 Å². The van der Waals surface area contributed by atoms with Crippen molar-refractivity contribution in [1.29, 1.82) is 0 Å². The minimum absolute atomic E-state index is 0.509. The lowest BCUT2D eigenvalue weighted by Gasteiger charge is -2.18. The first-order chi connectivity index (χ1) is 9.13. The van der Waals surface area contributed by atoms with Crippen molar-refractivity contribution >= 4 is 11.8 Å². The SMILES string of the molecule is OC[C@@H](O)[C@@H]1O[C@@H](SCc2ccccc2)[C@H](O)[C@H]1O. The second-order valence-electron chi connectivity index (χ2n) is 4.50. The predicted molar refractivity (Wildman–Crippen MR) is 71.5 cm³/mol. The van der Waals surface area contributed by atoms with Crippen LogP contribution >= 0.6 is 11.8 Å². The lowest BCUT2D eigenvalue weighted by molar-refractivity contribution is -0.0713. The van der Waals surface area contributed by atoms with Crippen LogP contribution in [0, 0.1) is 0 Å². The van der Waals surface area contributed by atoms with E-state index < -0.39 is 36.5 Å². The van der Waals surface area contributed by atoms with Crippen molar-refractivity contribution in [1.82, 2.24) is 0 Å². The average Bonchev–Trinajstić information content (AvgIpc) is 2.73. The summed E-state index contributed by atoms with van der Waals surface area (Å²) < 4.78 is 5.41. The molecule has 0 unspecified atom stereocenters. The molecular weight excluding hydrogens is 268 g/mol. The first-order valence-corrected chi connectivity index (χ1v) is 7.14. The van der Waals surface area contributed by atoms with Gasteiger partial charge in [0, 0.05) is 5.75 Å². The van der Waals surface area contributed by atoms with Gasteiger partial charge in [0.1, 0.15) is 29.9 Å². The molecule has 1 aliphatic rings. The highest BCUT2D eigenvalue weighted by Crippen LogP contribution is 2.32. The highest BCUT2D eigenvalue weighted by molar-refractivity contribution is 7.99. The van der Waals surface area contributed by atoms with Gasteiger partial charge in [-0.2, -0.15) is 0 Å². The van der Waals surface area contributed by atoms with E-state index in [0.29, 0.717) is 5.75 Å². The molecule has 5 atom stereocenters. The van der Waals surface area contributed by atoms with Crippen LogP contribution in [0.4, 0.5) is 0 Å². The minimum Gasteiger partial charge on any atom is -0.394 e. The van der Waals surface area contributed by atoms with E-state index in [4.69, 9.17) is 9.84 Å². The maximum absolute atomic E-state index is 9.86. The standard InChI is InChI=1S/C13H18O5S/c14-6-9(15)12-10(16)11(17)13(18-12)19-7-8-4-2-1-3-5-8/h1-5,9-17H,6-7H2/t9-,10-,11-,12+,13+/m1/s1. The Kier molecular flexibility index (Phi) is 5.20. The molecule has 0 radical (unpaired) electrons. The molecule has 1 aromatic rings. The molecule has 1 aliphatic heterocycles. The zero-order chi connectivity index (χ0) is 13.8. The first-order valence-electron chi connectivity index (χ1n) is 6.09. The fourth-order valence-electron chi connectivity index (χ4n) is 1.98. The molecule has 0 amide bonds. The third-order valence-electron chi connectivity index (χ3n) is 3.08. The van der Waals surface area contributed by atoms with Gasteiger partial charge in [0.25, 0.3) is 0 Å². The molecule has 1 heterocycles. The molecular formula is C13H18O5S. The molecule has 19 heavy (non-hydrogen) atoms. The molecule has 4 N–H and O–H groups in total. The van der Waals surface area contributed by atoms with E-state index >= 15 is 0 Å². The van der Waals surface area contributed by atoms with E-state index in [1.807, 2.05) is 30.3 Å². The third-order valence-corrected chi connectivity index (χ3v) is 4.30. The van der Waals surface area contributed by atoms with Crippen LogP contribution in [-0.2, 0) is 10.5 Å². The quantitative estimate of drug-likeness (QED) is 0.595. The van der Waals surface area contributed by atoms with Gasteiger partial charge in [0.15, 0.2) is 0 Å². The summed E-state index contributed by atoms with van der Waals surface area (Å²) in [5, 5.41) is 38.0. The Morgan fingerprint density at radius 3 is 2.47 bits per heavy atom. The van der Waals surface area contributed by atoms with Crippen LogP contribution in [0.5, 0.6) is 0 Å². The van der Waals surface area contributed by atoms with Gasteiger partial charge < -0.3 is 25.2 Å². The van der Waals surface area contributed by atoms with Gasteiger partial charge in [-0.25, -0.2) is 0 Å². The minimum atomic E-state index is -1.19. The average molecular weight is 286 g/mol. The van der Waals surface area contributed by atoms with Gasteiger partial charge >= 0.3 is 0 Å². The maximum atomic E-state index is 9.86. The maximum Gasteiger partial charge on any atom is 0.132 e. The molecule has 5 nitrogen and oxygen atoms in total. The highest BCUT2D eigenvalue weighted by Gasteiger charge is 2.45. The highest BCUT2D eigenvalue weighted by atomic mass is 32.2. The molecule has 1 saturated heterocycles. The number of benzene rings is 1. The van der Waals surface area contributed by atoms with E-state index in [2.05, 4.69) is 0 Å². The monoisotopic (exact) mass is 286 g/mol. The first kappa shape index (κ1) is 14.8. The van der Waals surface area contributed by atoms with Crippen LogP contribution in [0.3, 0.4) is 0 Å². The second kappa shape index (κ2) is 6.69. The molecule has 0 saturated carbocycles. The van der Waals surface area contributed by atoms with Crippen LogP contribution in [-0.4, -0.2) is 56.9 Å².